The first-order valence-electron chi connectivity index (χ1n) is 6.33. The molecular formula is C12H14F4N2O4. The lowest BCUT2D eigenvalue weighted by Crippen LogP contribution is -2.56. The summed E-state index contributed by atoms with van der Waals surface area (Å²) in [6.07, 6.45) is -8.70. The molecule has 2 rings (SSSR count). The fraction of sp³-hybridized carbons (Fsp3) is 0.583. The molecule has 0 aromatic carbocycles. The zero-order valence-corrected chi connectivity index (χ0v) is 11.1. The monoisotopic (exact) mass is 326 g/mol. The van der Waals surface area contributed by atoms with Gasteiger partial charge < -0.3 is 25.4 Å². The van der Waals surface area contributed by atoms with Crippen LogP contribution >= 0.6 is 0 Å². The Morgan fingerprint density at radius 2 is 1.95 bits per heavy atom. The summed E-state index contributed by atoms with van der Waals surface area (Å²) >= 11 is 0. The highest BCUT2D eigenvalue weighted by molar-refractivity contribution is 5.39. The van der Waals surface area contributed by atoms with Crippen LogP contribution in [0.2, 0.25) is 0 Å². The molecule has 1 saturated heterocycles. The summed E-state index contributed by atoms with van der Waals surface area (Å²) in [5, 5.41) is 30.7. The molecule has 4 atom stereocenters. The fourth-order valence-electron chi connectivity index (χ4n) is 2.05. The van der Waals surface area contributed by atoms with Crippen molar-refractivity contribution in [2.24, 2.45) is 0 Å². The van der Waals surface area contributed by atoms with Crippen LogP contribution < -0.4 is 5.32 Å². The maximum atomic E-state index is 13.6. The number of aliphatic hydroxyl groups excluding tert-OH is 3. The second-order valence-electron chi connectivity index (χ2n) is 4.81. The highest BCUT2D eigenvalue weighted by Gasteiger charge is 2.39. The number of hydrogen-bond acceptors (Lipinski definition) is 6. The Morgan fingerprint density at radius 1 is 1.27 bits per heavy atom. The summed E-state index contributed by atoms with van der Waals surface area (Å²) in [6.45, 7) is -0.790. The molecule has 4 N–H and O–H groups in total. The minimum Gasteiger partial charge on any atom is -0.394 e. The van der Waals surface area contributed by atoms with Crippen molar-refractivity contribution in [3.05, 3.63) is 23.6 Å². The second-order valence-corrected chi connectivity index (χ2v) is 4.81. The lowest BCUT2D eigenvalue weighted by Gasteiger charge is -2.37. The molecule has 0 aliphatic carbocycles. The van der Waals surface area contributed by atoms with E-state index in [-0.39, 0.29) is 6.61 Å². The van der Waals surface area contributed by atoms with E-state index in [1.165, 1.54) is 0 Å². The minimum atomic E-state index is -4.74. The van der Waals surface area contributed by atoms with Crippen LogP contribution in [0, 0.1) is 5.82 Å². The average Bonchev–Trinajstić information content (AvgIpc) is 2.45. The molecule has 10 heteroatoms. The van der Waals surface area contributed by atoms with Crippen molar-refractivity contribution in [1.82, 2.24) is 4.98 Å². The molecule has 0 amide bonds. The Bertz CT molecular complexity index is 528. The number of alkyl halides is 3. The highest BCUT2D eigenvalue weighted by Crippen LogP contribution is 2.29. The van der Waals surface area contributed by atoms with Gasteiger partial charge in [-0.25, -0.2) is 9.37 Å². The predicted octanol–water partition coefficient (Wildman–Crippen LogP) is 0.133. The number of hydrogen-bond donors (Lipinski definition) is 4. The lowest BCUT2D eigenvalue weighted by atomic mass is 9.98. The summed E-state index contributed by atoms with van der Waals surface area (Å²) in [6, 6.07) is 0.00912. The Hall–Kier alpha value is -1.49. The van der Waals surface area contributed by atoms with Gasteiger partial charge >= 0.3 is 6.18 Å². The summed E-state index contributed by atoms with van der Waals surface area (Å²) in [4.78, 5) is 3.13. The van der Waals surface area contributed by atoms with Crippen LogP contribution in [0.3, 0.4) is 0 Å². The van der Waals surface area contributed by atoms with Crippen molar-refractivity contribution in [3.8, 4) is 0 Å². The first-order chi connectivity index (χ1) is 10.2. The van der Waals surface area contributed by atoms with Gasteiger partial charge in [-0.1, -0.05) is 0 Å². The third kappa shape index (κ3) is 3.46. The van der Waals surface area contributed by atoms with E-state index in [1.807, 2.05) is 0 Å². The molecule has 22 heavy (non-hydrogen) atoms. The van der Waals surface area contributed by atoms with Gasteiger partial charge in [0.2, 0.25) is 0 Å². The Balaban J connectivity index is 2.17. The van der Waals surface area contributed by atoms with Crippen LogP contribution in [0.4, 0.5) is 23.4 Å². The van der Waals surface area contributed by atoms with Crippen molar-refractivity contribution in [1.29, 1.82) is 0 Å². The summed E-state index contributed by atoms with van der Waals surface area (Å²) in [5.41, 5.74) is -1.29. The number of nitrogens with zero attached hydrogens (tertiary/aromatic N) is 1. The Morgan fingerprint density at radius 3 is 2.55 bits per heavy atom. The quantitative estimate of drug-likeness (QED) is 0.590. The third-order valence-corrected chi connectivity index (χ3v) is 3.27. The molecule has 1 fully saturated rings. The minimum absolute atomic E-state index is 0.249. The maximum Gasteiger partial charge on any atom is 0.433 e. The van der Waals surface area contributed by atoms with Gasteiger partial charge in [0, 0.05) is 0 Å². The molecule has 1 aromatic rings. The van der Waals surface area contributed by atoms with Crippen molar-refractivity contribution in [2.45, 2.75) is 30.5 Å². The summed E-state index contributed by atoms with van der Waals surface area (Å²) in [7, 11) is 0. The van der Waals surface area contributed by atoms with Gasteiger partial charge in [-0.3, -0.25) is 0 Å². The van der Waals surface area contributed by atoms with Crippen LogP contribution in [0.15, 0.2) is 12.1 Å². The Labute approximate surface area is 122 Å². The predicted molar refractivity (Wildman–Crippen MR) is 65.4 cm³/mol. The number of aliphatic hydroxyl groups is 3. The fourth-order valence-corrected chi connectivity index (χ4v) is 2.05. The topological polar surface area (TPSA) is 94.8 Å². The van der Waals surface area contributed by atoms with Crippen LogP contribution in [-0.2, 0) is 10.9 Å². The molecule has 0 spiro atoms. The Kier molecular flexibility index (Phi) is 4.85. The molecule has 1 aliphatic rings. The second kappa shape index (κ2) is 6.32. The van der Waals surface area contributed by atoms with Gasteiger partial charge in [-0.05, 0) is 12.1 Å². The van der Waals surface area contributed by atoms with Gasteiger partial charge in [-0.2, -0.15) is 13.2 Å². The van der Waals surface area contributed by atoms with Crippen molar-refractivity contribution in [3.63, 3.8) is 0 Å². The standard InChI is InChI=1S/C12H14F4N2O4/c13-5-1-2-8(12(14,15)16)18-11(5)17-6-4-22-7(3-19)10(21)9(6)20/h1-2,6-7,9-10,19-21H,3-4H2,(H,17,18)/t6-,7+,9+,10-/m0/s1. The molecular weight excluding hydrogens is 312 g/mol. The molecule has 1 aromatic heterocycles. The largest absolute Gasteiger partial charge is 0.433 e. The number of ether oxygens (including phenoxy) is 1. The number of nitrogens with one attached hydrogen (secondary N) is 1. The van der Waals surface area contributed by atoms with E-state index >= 15 is 0 Å². The number of pyridine rings is 1. The highest BCUT2D eigenvalue weighted by atomic mass is 19.4. The molecule has 2 heterocycles. The van der Waals surface area contributed by atoms with E-state index in [4.69, 9.17) is 9.84 Å². The smallest absolute Gasteiger partial charge is 0.394 e. The van der Waals surface area contributed by atoms with Gasteiger partial charge in [0.1, 0.15) is 24.0 Å². The molecule has 6 nitrogen and oxygen atoms in total. The first-order valence-corrected chi connectivity index (χ1v) is 6.33. The van der Waals surface area contributed by atoms with E-state index in [1.54, 1.807) is 0 Å². The number of anilines is 1. The first kappa shape index (κ1) is 16.9. The SMILES string of the molecule is OC[C@H]1OC[C@H](Nc2nc(C(F)(F)F)ccc2F)[C@@H](O)[C@H]1O. The lowest BCUT2D eigenvalue weighted by molar-refractivity contribution is -0.152. The molecule has 124 valence electrons. The number of rotatable bonds is 3. The molecule has 0 bridgehead atoms. The van der Waals surface area contributed by atoms with Gasteiger partial charge in [0.25, 0.3) is 0 Å². The molecule has 0 unspecified atom stereocenters. The van der Waals surface area contributed by atoms with Gasteiger partial charge in [0.05, 0.1) is 19.3 Å². The zero-order chi connectivity index (χ0) is 16.5. The maximum absolute atomic E-state index is 13.6. The van der Waals surface area contributed by atoms with E-state index in [0.717, 1.165) is 0 Å². The normalized spacial score (nSPS) is 29.4. The summed E-state index contributed by atoms with van der Waals surface area (Å²) in [5.74, 6) is -1.75. The van der Waals surface area contributed by atoms with E-state index in [9.17, 15) is 27.8 Å². The third-order valence-electron chi connectivity index (χ3n) is 3.27. The van der Waals surface area contributed by atoms with E-state index < -0.39 is 54.5 Å². The van der Waals surface area contributed by atoms with E-state index in [2.05, 4.69) is 10.3 Å². The van der Waals surface area contributed by atoms with Crippen molar-refractivity contribution < 1.29 is 37.6 Å². The molecule has 0 radical (unpaired) electrons. The van der Waals surface area contributed by atoms with Crippen molar-refractivity contribution >= 4 is 5.82 Å². The van der Waals surface area contributed by atoms with Gasteiger partial charge in [0.15, 0.2) is 11.6 Å². The number of aromatic nitrogens is 1. The van der Waals surface area contributed by atoms with Gasteiger partial charge in [-0.15, -0.1) is 0 Å². The van der Waals surface area contributed by atoms with Crippen LogP contribution in [0.5, 0.6) is 0 Å². The van der Waals surface area contributed by atoms with Crippen molar-refractivity contribution in [2.75, 3.05) is 18.5 Å². The van der Waals surface area contributed by atoms with Crippen LogP contribution in [0.1, 0.15) is 5.69 Å². The molecule has 0 saturated carbocycles. The van der Waals surface area contributed by atoms with Crippen LogP contribution in [0.25, 0.3) is 0 Å². The zero-order valence-electron chi connectivity index (χ0n) is 11.1. The summed E-state index contributed by atoms with van der Waals surface area (Å²) < 4.78 is 56.3. The van der Waals surface area contributed by atoms with Crippen LogP contribution in [-0.4, -0.2) is 57.9 Å². The number of halogens is 4. The average molecular weight is 326 g/mol. The van der Waals surface area contributed by atoms with E-state index in [0.29, 0.717) is 12.1 Å². The molecule has 1 aliphatic heterocycles.